The van der Waals surface area contributed by atoms with E-state index < -0.39 is 11.7 Å². The highest BCUT2D eigenvalue weighted by molar-refractivity contribution is 6.43. The SMILES string of the molecule is Cc1nc(N2CCC(C)(OC(N)=O)CC2)cc(=O)n1-c1cccc(Cl)c1Cl. The molecule has 0 spiro atoms. The number of piperidine rings is 1. The quantitative estimate of drug-likeness (QED) is 0.837. The maximum atomic E-state index is 12.7. The van der Waals surface area contributed by atoms with Crippen molar-refractivity contribution >= 4 is 35.1 Å². The molecule has 1 fully saturated rings. The summed E-state index contributed by atoms with van der Waals surface area (Å²) in [6.07, 6.45) is 0.417. The molecule has 2 N–H and O–H groups in total. The molecule has 1 aromatic heterocycles. The molecule has 0 atom stereocenters. The number of halogens is 2. The van der Waals surface area contributed by atoms with E-state index in [1.165, 1.54) is 10.6 Å². The second-order valence-corrected chi connectivity index (χ2v) is 7.55. The molecular weight excluding hydrogens is 391 g/mol. The number of aromatic nitrogens is 2. The summed E-state index contributed by atoms with van der Waals surface area (Å²) in [5.74, 6) is 1.08. The first-order valence-corrected chi connectivity index (χ1v) is 9.24. The minimum Gasteiger partial charge on any atom is -0.443 e. The van der Waals surface area contributed by atoms with Gasteiger partial charge in [-0.1, -0.05) is 29.3 Å². The van der Waals surface area contributed by atoms with Crippen molar-refractivity contribution < 1.29 is 9.53 Å². The number of carbonyl (C=O) groups is 1. The van der Waals surface area contributed by atoms with Crippen LogP contribution < -0.4 is 16.2 Å². The van der Waals surface area contributed by atoms with Crippen molar-refractivity contribution in [2.45, 2.75) is 32.3 Å². The third-order valence-corrected chi connectivity index (χ3v) is 5.55. The van der Waals surface area contributed by atoms with E-state index >= 15 is 0 Å². The third kappa shape index (κ3) is 4.04. The van der Waals surface area contributed by atoms with Crippen molar-refractivity contribution in [1.82, 2.24) is 9.55 Å². The van der Waals surface area contributed by atoms with Crippen LogP contribution in [0.1, 0.15) is 25.6 Å². The summed E-state index contributed by atoms with van der Waals surface area (Å²) in [6.45, 7) is 4.79. The Labute approximate surface area is 166 Å². The number of nitrogens with zero attached hydrogens (tertiary/aromatic N) is 3. The molecule has 27 heavy (non-hydrogen) atoms. The molecule has 1 aliphatic rings. The van der Waals surface area contributed by atoms with E-state index in [1.54, 1.807) is 25.1 Å². The average Bonchev–Trinajstić information content (AvgIpc) is 2.57. The lowest BCUT2D eigenvalue weighted by Crippen LogP contribution is -2.46. The van der Waals surface area contributed by atoms with Gasteiger partial charge in [0.05, 0.1) is 15.7 Å². The van der Waals surface area contributed by atoms with Crippen LogP contribution in [0, 0.1) is 6.92 Å². The van der Waals surface area contributed by atoms with Crippen molar-refractivity contribution in [3.8, 4) is 5.69 Å². The van der Waals surface area contributed by atoms with E-state index in [0.29, 0.717) is 53.3 Å². The van der Waals surface area contributed by atoms with Crippen LogP contribution in [0.3, 0.4) is 0 Å². The van der Waals surface area contributed by atoms with Gasteiger partial charge in [0.2, 0.25) is 0 Å². The van der Waals surface area contributed by atoms with E-state index in [4.69, 9.17) is 33.7 Å². The number of nitrogens with two attached hydrogens (primary N) is 1. The van der Waals surface area contributed by atoms with E-state index in [9.17, 15) is 9.59 Å². The first-order valence-electron chi connectivity index (χ1n) is 8.49. The zero-order valence-corrected chi connectivity index (χ0v) is 16.5. The Bertz CT molecular complexity index is 937. The van der Waals surface area contributed by atoms with Crippen LogP contribution in [-0.2, 0) is 4.74 Å². The lowest BCUT2D eigenvalue weighted by molar-refractivity contribution is 0.0126. The first-order chi connectivity index (χ1) is 12.7. The number of rotatable bonds is 3. The fourth-order valence-corrected chi connectivity index (χ4v) is 3.64. The Kier molecular flexibility index (Phi) is 5.35. The van der Waals surface area contributed by atoms with Crippen molar-refractivity contribution in [2.75, 3.05) is 18.0 Å². The molecular formula is C18H20Cl2N4O3. The summed E-state index contributed by atoms with van der Waals surface area (Å²) in [5.41, 5.74) is 4.79. The molecule has 9 heteroatoms. The number of ether oxygens (including phenoxy) is 1. The molecule has 0 saturated carbocycles. The molecule has 3 rings (SSSR count). The van der Waals surface area contributed by atoms with Crippen LogP contribution in [0.25, 0.3) is 5.69 Å². The van der Waals surface area contributed by atoms with Gasteiger partial charge >= 0.3 is 6.09 Å². The Morgan fingerprint density at radius 2 is 1.96 bits per heavy atom. The van der Waals surface area contributed by atoms with E-state index in [-0.39, 0.29) is 5.56 Å². The highest BCUT2D eigenvalue weighted by atomic mass is 35.5. The lowest BCUT2D eigenvalue weighted by atomic mass is 9.93. The maximum Gasteiger partial charge on any atom is 0.405 e. The number of aryl methyl sites for hydroxylation is 1. The van der Waals surface area contributed by atoms with Gasteiger partial charge in [0, 0.05) is 32.0 Å². The monoisotopic (exact) mass is 410 g/mol. The molecule has 7 nitrogen and oxygen atoms in total. The Morgan fingerprint density at radius 3 is 2.56 bits per heavy atom. The van der Waals surface area contributed by atoms with E-state index in [2.05, 4.69) is 4.98 Å². The average molecular weight is 411 g/mol. The summed E-state index contributed by atoms with van der Waals surface area (Å²) in [6, 6.07) is 6.58. The van der Waals surface area contributed by atoms with Crippen LogP contribution >= 0.6 is 23.2 Å². The summed E-state index contributed by atoms with van der Waals surface area (Å²) in [5, 5.41) is 0.672. The molecule has 1 aromatic carbocycles. The van der Waals surface area contributed by atoms with Gasteiger partial charge < -0.3 is 15.4 Å². The van der Waals surface area contributed by atoms with Gasteiger partial charge in [-0.25, -0.2) is 9.78 Å². The van der Waals surface area contributed by atoms with Gasteiger partial charge in [-0.05, 0) is 26.0 Å². The van der Waals surface area contributed by atoms with Gasteiger partial charge in [-0.2, -0.15) is 0 Å². The van der Waals surface area contributed by atoms with Gasteiger partial charge in [0.25, 0.3) is 5.56 Å². The smallest absolute Gasteiger partial charge is 0.405 e. The molecule has 0 radical (unpaired) electrons. The van der Waals surface area contributed by atoms with Crippen LogP contribution in [0.5, 0.6) is 0 Å². The fourth-order valence-electron chi connectivity index (χ4n) is 3.26. The van der Waals surface area contributed by atoms with Gasteiger partial charge in [-0.15, -0.1) is 0 Å². The number of primary amides is 1. The Balaban J connectivity index is 1.87. The van der Waals surface area contributed by atoms with Crippen LogP contribution in [-0.4, -0.2) is 34.3 Å². The van der Waals surface area contributed by atoms with Gasteiger partial charge in [0.1, 0.15) is 17.2 Å². The normalized spacial score (nSPS) is 16.2. The van der Waals surface area contributed by atoms with E-state index in [1.807, 2.05) is 11.8 Å². The lowest BCUT2D eigenvalue weighted by Gasteiger charge is -2.38. The van der Waals surface area contributed by atoms with Crippen molar-refractivity contribution in [2.24, 2.45) is 5.73 Å². The van der Waals surface area contributed by atoms with Crippen LogP contribution in [0.2, 0.25) is 10.0 Å². The summed E-state index contributed by atoms with van der Waals surface area (Å²) in [4.78, 5) is 30.4. The predicted octanol–water partition coefficient (Wildman–Crippen LogP) is 3.30. The number of hydrogen-bond acceptors (Lipinski definition) is 5. The summed E-state index contributed by atoms with van der Waals surface area (Å²) >= 11 is 12.3. The largest absolute Gasteiger partial charge is 0.443 e. The number of hydrogen-bond donors (Lipinski definition) is 1. The summed E-state index contributed by atoms with van der Waals surface area (Å²) < 4.78 is 6.64. The molecule has 2 aromatic rings. The fraction of sp³-hybridized carbons (Fsp3) is 0.389. The predicted molar refractivity (Wildman–Crippen MR) is 105 cm³/mol. The molecule has 1 aliphatic heterocycles. The standard InChI is InChI=1S/C18H20Cl2N4O3/c1-11-22-14(23-8-6-18(2,7-9-23)27-17(21)26)10-15(25)24(11)13-5-3-4-12(19)16(13)20/h3-5,10H,6-9H2,1-2H3,(H2,21,26). The molecule has 1 saturated heterocycles. The highest BCUT2D eigenvalue weighted by Crippen LogP contribution is 2.30. The molecule has 144 valence electrons. The third-order valence-electron chi connectivity index (χ3n) is 4.74. The number of benzene rings is 1. The Morgan fingerprint density at radius 1 is 1.30 bits per heavy atom. The molecule has 0 aliphatic carbocycles. The molecule has 2 heterocycles. The van der Waals surface area contributed by atoms with Crippen molar-refractivity contribution in [3.05, 3.63) is 50.5 Å². The highest BCUT2D eigenvalue weighted by Gasteiger charge is 2.33. The number of anilines is 1. The number of carbonyl (C=O) groups excluding carboxylic acids is 1. The molecule has 0 unspecified atom stereocenters. The molecule has 1 amide bonds. The minimum absolute atomic E-state index is 0.247. The maximum absolute atomic E-state index is 12.7. The number of amides is 1. The van der Waals surface area contributed by atoms with Crippen LogP contribution in [0.15, 0.2) is 29.1 Å². The summed E-state index contributed by atoms with van der Waals surface area (Å²) in [7, 11) is 0. The second kappa shape index (κ2) is 7.40. The van der Waals surface area contributed by atoms with Gasteiger partial charge in [0.15, 0.2) is 0 Å². The second-order valence-electron chi connectivity index (χ2n) is 6.77. The topological polar surface area (TPSA) is 90.5 Å². The van der Waals surface area contributed by atoms with Gasteiger partial charge in [-0.3, -0.25) is 9.36 Å². The zero-order chi connectivity index (χ0) is 19.8. The first kappa shape index (κ1) is 19.5. The minimum atomic E-state index is -0.777. The van der Waals surface area contributed by atoms with E-state index in [0.717, 1.165) is 0 Å². The Hall–Kier alpha value is -2.25. The van der Waals surface area contributed by atoms with Crippen LogP contribution in [0.4, 0.5) is 10.6 Å². The molecule has 0 bridgehead atoms. The van der Waals surface area contributed by atoms with Crippen molar-refractivity contribution in [3.63, 3.8) is 0 Å². The zero-order valence-electron chi connectivity index (χ0n) is 15.0. The van der Waals surface area contributed by atoms with Crippen molar-refractivity contribution in [1.29, 1.82) is 0 Å².